The molecule has 1 aromatic carbocycles. The molecule has 1 atom stereocenters. The molecule has 42 heavy (non-hydrogen) atoms. The summed E-state index contributed by atoms with van der Waals surface area (Å²) in [6.07, 6.45) is 4.39. The van der Waals surface area contributed by atoms with Crippen molar-refractivity contribution in [3.05, 3.63) is 71.8 Å². The summed E-state index contributed by atoms with van der Waals surface area (Å²) < 4.78 is 63.5. The maximum Gasteiger partial charge on any atom is 0.251 e. The van der Waals surface area contributed by atoms with Gasteiger partial charge in [0.05, 0.1) is 41.9 Å². The minimum atomic E-state index is -4.50. The first-order chi connectivity index (χ1) is 20.2. The van der Waals surface area contributed by atoms with Crippen molar-refractivity contribution in [2.75, 3.05) is 26.1 Å². The lowest BCUT2D eigenvalue weighted by Gasteiger charge is -2.12. The van der Waals surface area contributed by atoms with Crippen LogP contribution in [0, 0.1) is 5.82 Å². The first-order valence-corrected chi connectivity index (χ1v) is 14.8. The number of hydrogen-bond donors (Lipinski definition) is 2. The van der Waals surface area contributed by atoms with E-state index in [1.54, 1.807) is 26.4 Å². The van der Waals surface area contributed by atoms with E-state index in [1.807, 2.05) is 30.3 Å². The van der Waals surface area contributed by atoms with Crippen molar-refractivity contribution in [3.63, 3.8) is 0 Å². The molecule has 2 N–H and O–H groups in total. The van der Waals surface area contributed by atoms with Crippen LogP contribution in [0.5, 0.6) is 5.75 Å². The molecule has 0 spiro atoms. The summed E-state index contributed by atoms with van der Waals surface area (Å²) in [5.41, 5.74) is -0.101. The summed E-state index contributed by atoms with van der Waals surface area (Å²) in [6.45, 7) is -0.335. The first-order valence-electron chi connectivity index (χ1n) is 13.3. The molecule has 4 aromatic rings. The number of halogens is 2. The van der Waals surface area contributed by atoms with Crippen LogP contribution in [0.15, 0.2) is 59.6 Å². The molecule has 3 aromatic heterocycles. The summed E-state index contributed by atoms with van der Waals surface area (Å²) in [5, 5.41) is 6.35. The number of sulfone groups is 1. The molecule has 1 aliphatic heterocycles. The van der Waals surface area contributed by atoms with Gasteiger partial charge in [-0.2, -0.15) is 0 Å². The lowest BCUT2D eigenvalue weighted by Crippen LogP contribution is -2.24. The van der Waals surface area contributed by atoms with E-state index in [2.05, 4.69) is 25.6 Å². The molecule has 222 valence electrons. The van der Waals surface area contributed by atoms with Gasteiger partial charge in [-0.3, -0.25) is 9.78 Å². The number of benzene rings is 1. The molecule has 13 heteroatoms. The van der Waals surface area contributed by atoms with Gasteiger partial charge in [0.2, 0.25) is 15.3 Å². The van der Waals surface area contributed by atoms with E-state index in [1.165, 1.54) is 12.8 Å². The summed E-state index contributed by atoms with van der Waals surface area (Å²) >= 11 is 0. The van der Waals surface area contributed by atoms with Gasteiger partial charge in [-0.25, -0.2) is 27.2 Å². The van der Waals surface area contributed by atoms with E-state index in [9.17, 15) is 22.0 Å². The molecule has 4 heterocycles. The Morgan fingerprint density at radius 1 is 1.12 bits per heavy atom. The highest BCUT2D eigenvalue weighted by Gasteiger charge is 2.35. The summed E-state index contributed by atoms with van der Waals surface area (Å²) in [5.74, 6) is -1.69. The first kappa shape index (κ1) is 29.3. The smallest absolute Gasteiger partial charge is 0.251 e. The van der Waals surface area contributed by atoms with Crippen molar-refractivity contribution < 1.29 is 32.9 Å². The number of aromatic nitrogens is 3. The van der Waals surface area contributed by atoms with Gasteiger partial charge in [-0.1, -0.05) is 6.07 Å². The largest absolute Gasteiger partial charge is 0.489 e. The standard InChI is InChI=1S/C25H21F2N5O4S.C4H8O.H2/c1-28-23-4-2-3-18(32-23)19-6-5-14-12-29-16(11-20(14)31-19)13-30-25(33)15-9-17(26)24-21(10-15)37(34,35)22(27)7-8-36-24;1-5-4-2-3-4;/h2-6,9-12,22H,7-8,13H2,1H3,(H,28,32)(H,30,33);4H,2-3H2,1H3;1H/t22-;;/m1../s1. The summed E-state index contributed by atoms with van der Waals surface area (Å²) in [7, 11) is -0.964. The van der Waals surface area contributed by atoms with Crippen molar-refractivity contribution in [3.8, 4) is 17.1 Å². The van der Waals surface area contributed by atoms with Crippen molar-refractivity contribution >= 4 is 32.5 Å². The zero-order valence-electron chi connectivity index (χ0n) is 22.9. The molecule has 0 radical (unpaired) electrons. The minimum absolute atomic E-state index is 0. The Hall–Kier alpha value is -4.23. The van der Waals surface area contributed by atoms with E-state index in [4.69, 9.17) is 9.47 Å². The van der Waals surface area contributed by atoms with Crippen LogP contribution in [0.2, 0.25) is 0 Å². The molecule has 0 bridgehead atoms. The van der Waals surface area contributed by atoms with Gasteiger partial charge in [0, 0.05) is 39.2 Å². The molecule has 1 saturated carbocycles. The van der Waals surface area contributed by atoms with Gasteiger partial charge in [-0.05, 0) is 55.3 Å². The fourth-order valence-electron chi connectivity index (χ4n) is 4.19. The number of ether oxygens (including phenoxy) is 2. The second-order valence-corrected chi connectivity index (χ2v) is 11.8. The average Bonchev–Trinajstić information content (AvgIpc) is 3.85. The van der Waals surface area contributed by atoms with Crippen molar-refractivity contribution in [2.24, 2.45) is 0 Å². The third kappa shape index (κ3) is 6.47. The number of nitrogens with zero attached hydrogens (tertiary/aromatic N) is 3. The molecular formula is C29H31F2N5O5S. The number of alkyl halides is 1. The molecule has 0 saturated heterocycles. The number of nitrogens with one attached hydrogen (secondary N) is 2. The summed E-state index contributed by atoms with van der Waals surface area (Å²) in [4.78, 5) is 25.5. The van der Waals surface area contributed by atoms with E-state index in [0.29, 0.717) is 34.5 Å². The zero-order valence-corrected chi connectivity index (χ0v) is 23.7. The Bertz CT molecular complexity index is 1740. The van der Waals surface area contributed by atoms with Crippen LogP contribution in [-0.2, 0) is 21.1 Å². The second-order valence-electron chi connectivity index (χ2n) is 9.72. The maximum absolute atomic E-state index is 14.6. The van der Waals surface area contributed by atoms with E-state index in [0.717, 1.165) is 17.5 Å². The Balaban J connectivity index is 0.000000641. The van der Waals surface area contributed by atoms with Crippen LogP contribution in [0.3, 0.4) is 0 Å². The Labute approximate surface area is 242 Å². The van der Waals surface area contributed by atoms with Crippen molar-refractivity contribution in [1.82, 2.24) is 20.3 Å². The Kier molecular flexibility index (Phi) is 8.59. The zero-order chi connectivity index (χ0) is 29.9. The fraction of sp³-hybridized carbons (Fsp3) is 0.310. The predicted octanol–water partition coefficient (Wildman–Crippen LogP) is 4.70. The van der Waals surface area contributed by atoms with E-state index < -0.39 is 44.1 Å². The second kappa shape index (κ2) is 12.3. The van der Waals surface area contributed by atoms with Gasteiger partial charge in [-0.15, -0.1) is 0 Å². The highest BCUT2D eigenvalue weighted by molar-refractivity contribution is 7.92. The molecule has 6 rings (SSSR count). The van der Waals surface area contributed by atoms with Crippen LogP contribution < -0.4 is 15.4 Å². The molecule has 1 amide bonds. The molecule has 1 fully saturated rings. The van der Waals surface area contributed by atoms with Crippen LogP contribution in [-0.4, -0.2) is 61.6 Å². The topological polar surface area (TPSA) is 132 Å². The molecule has 10 nitrogen and oxygen atoms in total. The molecular weight excluding hydrogens is 568 g/mol. The quantitative estimate of drug-likeness (QED) is 0.324. The molecule has 2 aliphatic rings. The van der Waals surface area contributed by atoms with E-state index in [-0.39, 0.29) is 20.1 Å². The number of pyridine rings is 3. The summed E-state index contributed by atoms with van der Waals surface area (Å²) in [6, 6.07) is 12.7. The number of carbonyl (C=O) groups is 1. The van der Waals surface area contributed by atoms with E-state index >= 15 is 0 Å². The average molecular weight is 600 g/mol. The van der Waals surface area contributed by atoms with Crippen molar-refractivity contribution in [2.45, 2.75) is 42.3 Å². The Morgan fingerprint density at radius 3 is 2.62 bits per heavy atom. The van der Waals surface area contributed by atoms with Crippen LogP contribution in [0.1, 0.15) is 36.7 Å². The lowest BCUT2D eigenvalue weighted by molar-refractivity contribution is 0.0949. The monoisotopic (exact) mass is 599 g/mol. The predicted molar refractivity (Wildman–Crippen MR) is 154 cm³/mol. The number of fused-ring (bicyclic) bond motifs is 2. The maximum atomic E-state index is 14.6. The minimum Gasteiger partial charge on any atom is -0.489 e. The SMILES string of the molecule is CNc1cccc(-c2ccc3cnc(CNC(=O)c4cc(F)c5c(c4)S(=O)(=O)[C@@H](F)CCO5)cc3n2)n1.COC1CC1.[HH]. The van der Waals surface area contributed by atoms with Crippen LogP contribution >= 0.6 is 0 Å². The number of methoxy groups -OCH3 is 1. The van der Waals surface area contributed by atoms with Crippen LogP contribution in [0.25, 0.3) is 22.3 Å². The number of hydrogen-bond acceptors (Lipinski definition) is 9. The number of carbonyl (C=O) groups excluding carboxylic acids is 1. The normalized spacial score (nSPS) is 17.2. The molecule has 0 unspecified atom stereocenters. The number of rotatable bonds is 6. The van der Waals surface area contributed by atoms with Gasteiger partial charge in [0.15, 0.2) is 11.6 Å². The number of amides is 1. The lowest BCUT2D eigenvalue weighted by atomic mass is 10.1. The van der Waals surface area contributed by atoms with Gasteiger partial charge >= 0.3 is 0 Å². The molecule has 1 aliphatic carbocycles. The van der Waals surface area contributed by atoms with Gasteiger partial charge in [0.25, 0.3) is 5.91 Å². The van der Waals surface area contributed by atoms with Gasteiger partial charge < -0.3 is 20.1 Å². The Morgan fingerprint density at radius 2 is 1.90 bits per heavy atom. The van der Waals surface area contributed by atoms with Gasteiger partial charge in [0.1, 0.15) is 10.7 Å². The van der Waals surface area contributed by atoms with Crippen LogP contribution in [0.4, 0.5) is 14.6 Å². The number of anilines is 1. The third-order valence-corrected chi connectivity index (χ3v) is 8.52. The fourth-order valence-corrected chi connectivity index (χ4v) is 5.58. The highest BCUT2D eigenvalue weighted by Crippen LogP contribution is 2.35. The highest BCUT2D eigenvalue weighted by atomic mass is 32.2. The third-order valence-electron chi connectivity index (χ3n) is 6.69. The van der Waals surface area contributed by atoms with Crippen molar-refractivity contribution in [1.29, 1.82) is 0 Å².